The number of para-hydroxylation sites is 1. The van der Waals surface area contributed by atoms with Crippen molar-refractivity contribution in [1.29, 1.82) is 0 Å². The summed E-state index contributed by atoms with van der Waals surface area (Å²) in [6, 6.07) is 5.65. The van der Waals surface area contributed by atoms with Crippen molar-refractivity contribution < 1.29 is 24.2 Å². The average Bonchev–Trinajstić information content (AvgIpc) is 2.45. The lowest BCUT2D eigenvalue weighted by Gasteiger charge is -2.12. The van der Waals surface area contributed by atoms with Crippen LogP contribution in [0.5, 0.6) is 5.75 Å². The molecule has 2 amide bonds. The summed E-state index contributed by atoms with van der Waals surface area (Å²) in [5.74, 6) is -1.75. The van der Waals surface area contributed by atoms with Crippen molar-refractivity contribution in [2.45, 2.75) is 19.9 Å². The molecule has 7 nitrogen and oxygen atoms in total. The first kappa shape index (κ1) is 16.5. The third-order valence-electron chi connectivity index (χ3n) is 2.59. The quantitative estimate of drug-likeness (QED) is 0.675. The number of carbonyl (C=O) groups is 3. The van der Waals surface area contributed by atoms with Crippen LogP contribution in [0, 0.1) is 0 Å². The molecule has 0 heterocycles. The Morgan fingerprint density at radius 3 is 2.57 bits per heavy atom. The van der Waals surface area contributed by atoms with E-state index in [2.05, 4.69) is 10.6 Å². The lowest BCUT2D eigenvalue weighted by Crippen LogP contribution is -2.44. The van der Waals surface area contributed by atoms with Gasteiger partial charge in [-0.05, 0) is 26.0 Å². The molecule has 1 rings (SSSR count). The topological polar surface area (TPSA) is 105 Å². The summed E-state index contributed by atoms with van der Waals surface area (Å²) in [6.45, 7) is 3.25. The normalized spacial score (nSPS) is 11.3. The minimum Gasteiger partial charge on any atom is -0.493 e. The van der Waals surface area contributed by atoms with Crippen molar-refractivity contribution in [1.82, 2.24) is 10.6 Å². The van der Waals surface area contributed by atoms with Gasteiger partial charge in [0.1, 0.15) is 11.8 Å². The van der Waals surface area contributed by atoms with Gasteiger partial charge in [0.2, 0.25) is 5.91 Å². The van der Waals surface area contributed by atoms with Gasteiger partial charge in [0.25, 0.3) is 5.91 Å². The van der Waals surface area contributed by atoms with Crippen molar-refractivity contribution >= 4 is 17.8 Å². The van der Waals surface area contributed by atoms with E-state index in [0.29, 0.717) is 17.9 Å². The molecule has 21 heavy (non-hydrogen) atoms. The Balaban J connectivity index is 2.58. The number of rotatable bonds is 7. The number of hydrogen-bond donors (Lipinski definition) is 3. The molecule has 0 aliphatic carbocycles. The largest absolute Gasteiger partial charge is 0.493 e. The van der Waals surface area contributed by atoms with Crippen molar-refractivity contribution in [3.05, 3.63) is 29.8 Å². The van der Waals surface area contributed by atoms with Crippen LogP contribution in [0.1, 0.15) is 24.2 Å². The maximum Gasteiger partial charge on any atom is 0.325 e. The van der Waals surface area contributed by atoms with Gasteiger partial charge in [-0.15, -0.1) is 0 Å². The van der Waals surface area contributed by atoms with E-state index in [-0.39, 0.29) is 6.54 Å². The number of carboxylic acids is 1. The van der Waals surface area contributed by atoms with Crippen LogP contribution in [0.2, 0.25) is 0 Å². The molecule has 0 saturated carbocycles. The molecule has 3 N–H and O–H groups in total. The Morgan fingerprint density at radius 2 is 1.95 bits per heavy atom. The molecule has 0 spiro atoms. The Labute approximate surface area is 122 Å². The Kier molecular flexibility index (Phi) is 6.19. The van der Waals surface area contributed by atoms with Gasteiger partial charge in [0, 0.05) is 0 Å². The highest BCUT2D eigenvalue weighted by atomic mass is 16.5. The highest BCUT2D eigenvalue weighted by molar-refractivity contribution is 5.99. The Morgan fingerprint density at radius 1 is 1.29 bits per heavy atom. The molecule has 7 heteroatoms. The van der Waals surface area contributed by atoms with Gasteiger partial charge in [-0.2, -0.15) is 0 Å². The number of aliphatic carboxylic acids is 1. The number of carbonyl (C=O) groups excluding carboxylic acids is 2. The molecule has 1 atom stereocenters. The van der Waals surface area contributed by atoms with Crippen LogP contribution >= 0.6 is 0 Å². The first-order valence-electron chi connectivity index (χ1n) is 6.48. The second-order valence-electron chi connectivity index (χ2n) is 4.24. The summed E-state index contributed by atoms with van der Waals surface area (Å²) < 4.78 is 5.32. The third-order valence-corrected chi connectivity index (χ3v) is 2.59. The van der Waals surface area contributed by atoms with E-state index in [4.69, 9.17) is 9.84 Å². The van der Waals surface area contributed by atoms with E-state index in [0.717, 1.165) is 0 Å². The van der Waals surface area contributed by atoms with Gasteiger partial charge >= 0.3 is 5.97 Å². The van der Waals surface area contributed by atoms with Crippen LogP contribution in [0.15, 0.2) is 24.3 Å². The van der Waals surface area contributed by atoms with Crippen molar-refractivity contribution in [2.75, 3.05) is 13.2 Å². The fraction of sp³-hybridized carbons (Fsp3) is 0.357. The first-order valence-corrected chi connectivity index (χ1v) is 6.48. The smallest absolute Gasteiger partial charge is 0.325 e. The van der Waals surface area contributed by atoms with Gasteiger partial charge in [-0.25, -0.2) is 0 Å². The summed E-state index contributed by atoms with van der Waals surface area (Å²) in [6.07, 6.45) is 0. The molecule has 0 aliphatic heterocycles. The molecular formula is C14H18N2O5. The van der Waals surface area contributed by atoms with E-state index >= 15 is 0 Å². The SMILES string of the molecule is CCOc1ccccc1C(=O)NCC(=O)N[C@H](C)C(=O)O. The Bertz CT molecular complexity index is 530. The molecule has 0 radical (unpaired) electrons. The maximum atomic E-state index is 12.0. The number of ether oxygens (including phenoxy) is 1. The number of amides is 2. The standard InChI is InChI=1S/C14H18N2O5/c1-3-21-11-7-5-4-6-10(11)13(18)15-8-12(17)16-9(2)14(19)20/h4-7,9H,3,8H2,1-2H3,(H,15,18)(H,16,17)(H,19,20)/t9-/m1/s1. The molecule has 0 unspecified atom stereocenters. The summed E-state index contributed by atoms with van der Waals surface area (Å²) in [4.78, 5) is 34.1. The highest BCUT2D eigenvalue weighted by Gasteiger charge is 2.16. The molecule has 0 fully saturated rings. The van der Waals surface area contributed by atoms with Gasteiger partial charge in [0.05, 0.1) is 18.7 Å². The van der Waals surface area contributed by atoms with Crippen LogP contribution in [-0.2, 0) is 9.59 Å². The summed E-state index contributed by atoms with van der Waals surface area (Å²) in [7, 11) is 0. The van der Waals surface area contributed by atoms with Gasteiger partial charge in [-0.3, -0.25) is 14.4 Å². The molecule has 114 valence electrons. The lowest BCUT2D eigenvalue weighted by atomic mass is 10.2. The van der Waals surface area contributed by atoms with Crippen LogP contribution in [0.4, 0.5) is 0 Å². The monoisotopic (exact) mass is 294 g/mol. The maximum absolute atomic E-state index is 12.0. The fourth-order valence-corrected chi connectivity index (χ4v) is 1.55. The molecule has 1 aromatic carbocycles. The fourth-order valence-electron chi connectivity index (χ4n) is 1.55. The van der Waals surface area contributed by atoms with E-state index in [1.54, 1.807) is 31.2 Å². The zero-order chi connectivity index (χ0) is 15.8. The molecule has 0 saturated heterocycles. The van der Waals surface area contributed by atoms with Gasteiger partial charge in [-0.1, -0.05) is 12.1 Å². The predicted octanol–water partition coefficient (Wildman–Crippen LogP) is 0.404. The van der Waals surface area contributed by atoms with Crippen LogP contribution in [0.25, 0.3) is 0 Å². The van der Waals surface area contributed by atoms with Crippen LogP contribution < -0.4 is 15.4 Å². The van der Waals surface area contributed by atoms with Crippen molar-refractivity contribution in [3.63, 3.8) is 0 Å². The van der Waals surface area contributed by atoms with Gasteiger partial charge < -0.3 is 20.5 Å². The minimum absolute atomic E-state index is 0.309. The summed E-state index contributed by atoms with van der Waals surface area (Å²) in [5.41, 5.74) is 0.318. The van der Waals surface area contributed by atoms with Crippen LogP contribution in [0.3, 0.4) is 0 Å². The van der Waals surface area contributed by atoms with E-state index < -0.39 is 23.8 Å². The van der Waals surface area contributed by atoms with Crippen molar-refractivity contribution in [2.24, 2.45) is 0 Å². The van der Waals surface area contributed by atoms with E-state index in [1.165, 1.54) is 6.92 Å². The zero-order valence-corrected chi connectivity index (χ0v) is 11.9. The minimum atomic E-state index is -1.14. The molecule has 0 aliphatic rings. The molecule has 0 aromatic heterocycles. The molecule has 0 bridgehead atoms. The average molecular weight is 294 g/mol. The Hall–Kier alpha value is -2.57. The number of carboxylic acid groups (broad SMARTS) is 1. The first-order chi connectivity index (χ1) is 9.95. The zero-order valence-electron chi connectivity index (χ0n) is 11.9. The highest BCUT2D eigenvalue weighted by Crippen LogP contribution is 2.17. The third kappa shape index (κ3) is 5.13. The predicted molar refractivity (Wildman–Crippen MR) is 75.2 cm³/mol. The second kappa shape index (κ2) is 7.88. The second-order valence-corrected chi connectivity index (χ2v) is 4.24. The van der Waals surface area contributed by atoms with E-state index in [1.807, 2.05) is 0 Å². The summed E-state index contributed by atoms with van der Waals surface area (Å²) in [5, 5.41) is 13.3. The summed E-state index contributed by atoms with van der Waals surface area (Å²) >= 11 is 0. The number of nitrogens with one attached hydrogen (secondary N) is 2. The van der Waals surface area contributed by atoms with Crippen LogP contribution in [-0.4, -0.2) is 42.1 Å². The van der Waals surface area contributed by atoms with Crippen molar-refractivity contribution in [3.8, 4) is 5.75 Å². The van der Waals surface area contributed by atoms with E-state index in [9.17, 15) is 14.4 Å². The van der Waals surface area contributed by atoms with Gasteiger partial charge in [0.15, 0.2) is 0 Å². The molecule has 1 aromatic rings. The lowest BCUT2D eigenvalue weighted by molar-refractivity contribution is -0.141. The number of benzene rings is 1. The molecular weight excluding hydrogens is 276 g/mol. The number of hydrogen-bond acceptors (Lipinski definition) is 4.